The van der Waals surface area contributed by atoms with Crippen molar-refractivity contribution in [3.63, 3.8) is 0 Å². The normalized spacial score (nSPS) is 10.6. The summed E-state index contributed by atoms with van der Waals surface area (Å²) < 4.78 is 1.87. The second-order valence-electron chi connectivity index (χ2n) is 4.65. The van der Waals surface area contributed by atoms with Crippen molar-refractivity contribution in [2.75, 3.05) is 10.6 Å². The average molecular weight is 301 g/mol. The average Bonchev–Trinajstić information content (AvgIpc) is 2.78. The van der Waals surface area contributed by atoms with Gasteiger partial charge in [-0.3, -0.25) is 0 Å². The molecule has 1 aromatic carbocycles. The predicted molar refractivity (Wildman–Crippen MR) is 84.0 cm³/mol. The van der Waals surface area contributed by atoms with E-state index in [-0.39, 0.29) is 6.03 Å². The summed E-state index contributed by atoms with van der Waals surface area (Å²) in [6, 6.07) is 10.3. The Hall–Kier alpha value is -2.53. The highest BCUT2D eigenvalue weighted by atomic mass is 35.5. The summed E-state index contributed by atoms with van der Waals surface area (Å²) in [4.78, 5) is 16.3. The molecule has 0 bridgehead atoms. The van der Waals surface area contributed by atoms with E-state index in [0.717, 1.165) is 11.3 Å². The molecule has 2 heterocycles. The fraction of sp³-hybridized carbons (Fsp3) is 0.0667. The van der Waals surface area contributed by atoms with Crippen LogP contribution in [0.4, 0.5) is 16.2 Å². The Bertz CT molecular complexity index is 812. The van der Waals surface area contributed by atoms with E-state index in [1.807, 2.05) is 29.8 Å². The van der Waals surface area contributed by atoms with Gasteiger partial charge in [0.25, 0.3) is 0 Å². The van der Waals surface area contributed by atoms with Crippen molar-refractivity contribution < 1.29 is 4.79 Å². The first-order valence-electron chi connectivity index (χ1n) is 6.39. The molecule has 0 aliphatic rings. The van der Waals surface area contributed by atoms with E-state index in [1.165, 1.54) is 0 Å². The lowest BCUT2D eigenvalue weighted by atomic mass is 10.3. The van der Waals surface area contributed by atoms with Crippen molar-refractivity contribution >= 4 is 34.7 Å². The third kappa shape index (κ3) is 3.14. The number of imidazole rings is 1. The summed E-state index contributed by atoms with van der Waals surface area (Å²) in [5.74, 6) is 0. The molecular weight excluding hydrogens is 288 g/mol. The van der Waals surface area contributed by atoms with Crippen LogP contribution in [0.5, 0.6) is 0 Å². The molecule has 2 aromatic heterocycles. The fourth-order valence-corrected chi connectivity index (χ4v) is 2.24. The number of aryl methyl sites for hydroxylation is 1. The number of benzene rings is 1. The Kier molecular flexibility index (Phi) is 3.50. The maximum absolute atomic E-state index is 11.9. The second-order valence-corrected chi connectivity index (χ2v) is 5.09. The molecule has 2 N–H and O–H groups in total. The van der Waals surface area contributed by atoms with Crippen LogP contribution in [0.3, 0.4) is 0 Å². The highest BCUT2D eigenvalue weighted by Crippen LogP contribution is 2.16. The number of pyridine rings is 1. The molecule has 6 heteroatoms. The molecule has 106 valence electrons. The molecule has 0 aliphatic carbocycles. The van der Waals surface area contributed by atoms with Gasteiger partial charge in [0.15, 0.2) is 0 Å². The van der Waals surface area contributed by atoms with Gasteiger partial charge in [-0.2, -0.15) is 0 Å². The van der Waals surface area contributed by atoms with E-state index in [1.54, 1.807) is 30.3 Å². The summed E-state index contributed by atoms with van der Waals surface area (Å²) in [6.45, 7) is 1.92. The van der Waals surface area contributed by atoms with Crippen molar-refractivity contribution in [1.29, 1.82) is 0 Å². The van der Waals surface area contributed by atoms with Crippen LogP contribution in [0, 0.1) is 6.92 Å². The SMILES string of the molecule is Cc1cn2cc(NC(=O)Nc3cccc(Cl)c3)ccc2n1. The first-order chi connectivity index (χ1) is 10.1. The number of halogens is 1. The van der Waals surface area contributed by atoms with E-state index in [4.69, 9.17) is 11.6 Å². The number of anilines is 2. The Morgan fingerprint density at radius 1 is 1.14 bits per heavy atom. The van der Waals surface area contributed by atoms with Crippen LogP contribution in [0.2, 0.25) is 5.02 Å². The number of nitrogens with zero attached hydrogens (tertiary/aromatic N) is 2. The van der Waals surface area contributed by atoms with E-state index in [2.05, 4.69) is 15.6 Å². The molecule has 2 amide bonds. The zero-order valence-corrected chi connectivity index (χ0v) is 12.1. The first kappa shape index (κ1) is 13.5. The quantitative estimate of drug-likeness (QED) is 0.753. The topological polar surface area (TPSA) is 58.4 Å². The highest BCUT2D eigenvalue weighted by molar-refractivity contribution is 6.30. The zero-order valence-electron chi connectivity index (χ0n) is 11.3. The van der Waals surface area contributed by atoms with Crippen molar-refractivity contribution in [3.8, 4) is 0 Å². The lowest BCUT2D eigenvalue weighted by molar-refractivity contribution is 0.262. The number of hydrogen-bond donors (Lipinski definition) is 2. The van der Waals surface area contributed by atoms with Gasteiger partial charge in [0, 0.05) is 23.1 Å². The van der Waals surface area contributed by atoms with Crippen LogP contribution >= 0.6 is 11.6 Å². The molecule has 0 unspecified atom stereocenters. The summed E-state index contributed by atoms with van der Waals surface area (Å²) in [7, 11) is 0. The fourth-order valence-electron chi connectivity index (χ4n) is 2.05. The Balaban J connectivity index is 1.73. The summed E-state index contributed by atoms with van der Waals surface area (Å²) in [6.07, 6.45) is 3.71. The van der Waals surface area contributed by atoms with Crippen molar-refractivity contribution in [2.24, 2.45) is 0 Å². The summed E-state index contributed by atoms with van der Waals surface area (Å²) in [5.41, 5.74) is 3.09. The summed E-state index contributed by atoms with van der Waals surface area (Å²) in [5, 5.41) is 6.07. The molecular formula is C15H13ClN4O. The number of carbonyl (C=O) groups is 1. The predicted octanol–water partition coefficient (Wildman–Crippen LogP) is 3.94. The second kappa shape index (κ2) is 5.46. The minimum absolute atomic E-state index is 0.326. The zero-order chi connectivity index (χ0) is 14.8. The van der Waals surface area contributed by atoms with Gasteiger partial charge in [-0.1, -0.05) is 17.7 Å². The number of fused-ring (bicyclic) bond motifs is 1. The molecule has 0 atom stereocenters. The minimum Gasteiger partial charge on any atom is -0.308 e. The number of amides is 2. The molecule has 0 saturated carbocycles. The number of aromatic nitrogens is 2. The van der Waals surface area contributed by atoms with Gasteiger partial charge in [0.05, 0.1) is 11.4 Å². The van der Waals surface area contributed by atoms with Gasteiger partial charge < -0.3 is 15.0 Å². The number of urea groups is 1. The maximum atomic E-state index is 11.9. The summed E-state index contributed by atoms with van der Waals surface area (Å²) >= 11 is 5.87. The first-order valence-corrected chi connectivity index (χ1v) is 6.77. The van der Waals surface area contributed by atoms with Crippen molar-refractivity contribution in [3.05, 3.63) is 59.5 Å². The van der Waals surface area contributed by atoms with Crippen molar-refractivity contribution in [1.82, 2.24) is 9.38 Å². The van der Waals surface area contributed by atoms with Gasteiger partial charge in [-0.05, 0) is 37.3 Å². The third-order valence-corrected chi connectivity index (χ3v) is 3.15. The lowest BCUT2D eigenvalue weighted by Gasteiger charge is -2.08. The molecule has 0 fully saturated rings. The van der Waals surface area contributed by atoms with Crippen LogP contribution in [0.25, 0.3) is 5.65 Å². The van der Waals surface area contributed by atoms with E-state index in [9.17, 15) is 4.79 Å². The van der Waals surface area contributed by atoms with E-state index in [0.29, 0.717) is 16.4 Å². The highest BCUT2D eigenvalue weighted by Gasteiger charge is 2.04. The maximum Gasteiger partial charge on any atom is 0.323 e. The van der Waals surface area contributed by atoms with Crippen LogP contribution in [-0.2, 0) is 0 Å². The third-order valence-electron chi connectivity index (χ3n) is 2.91. The number of nitrogens with one attached hydrogen (secondary N) is 2. The lowest BCUT2D eigenvalue weighted by Crippen LogP contribution is -2.19. The van der Waals surface area contributed by atoms with E-state index < -0.39 is 0 Å². The molecule has 3 aromatic rings. The largest absolute Gasteiger partial charge is 0.323 e. The van der Waals surface area contributed by atoms with Crippen LogP contribution in [0.1, 0.15) is 5.69 Å². The Labute approximate surface area is 126 Å². The Morgan fingerprint density at radius 2 is 1.95 bits per heavy atom. The van der Waals surface area contributed by atoms with Crippen LogP contribution in [0.15, 0.2) is 48.8 Å². The van der Waals surface area contributed by atoms with Gasteiger partial charge in [0.1, 0.15) is 5.65 Å². The molecule has 0 aliphatic heterocycles. The molecule has 5 nitrogen and oxygen atoms in total. The van der Waals surface area contributed by atoms with Gasteiger partial charge in [0.2, 0.25) is 0 Å². The van der Waals surface area contributed by atoms with Gasteiger partial charge in [-0.25, -0.2) is 9.78 Å². The van der Waals surface area contributed by atoms with Crippen molar-refractivity contribution in [2.45, 2.75) is 6.92 Å². The van der Waals surface area contributed by atoms with Crippen LogP contribution in [-0.4, -0.2) is 15.4 Å². The molecule has 3 rings (SSSR count). The minimum atomic E-state index is -0.326. The standard InChI is InChI=1S/C15H13ClN4O/c1-10-8-20-9-13(5-6-14(20)17-10)19-15(21)18-12-4-2-3-11(16)7-12/h2-9H,1H3,(H2,18,19,21). The van der Waals surface area contributed by atoms with Gasteiger partial charge >= 0.3 is 6.03 Å². The number of carbonyl (C=O) groups excluding carboxylic acids is 1. The number of rotatable bonds is 2. The van der Waals surface area contributed by atoms with Gasteiger partial charge in [-0.15, -0.1) is 0 Å². The molecule has 0 radical (unpaired) electrons. The molecule has 0 saturated heterocycles. The van der Waals surface area contributed by atoms with E-state index >= 15 is 0 Å². The number of hydrogen-bond acceptors (Lipinski definition) is 2. The monoisotopic (exact) mass is 300 g/mol. The smallest absolute Gasteiger partial charge is 0.308 e. The van der Waals surface area contributed by atoms with Crippen LogP contribution < -0.4 is 10.6 Å². The molecule has 0 spiro atoms. The Morgan fingerprint density at radius 3 is 2.76 bits per heavy atom. The molecule has 21 heavy (non-hydrogen) atoms.